The Morgan fingerprint density at radius 1 is 1.08 bits per heavy atom. The fourth-order valence-corrected chi connectivity index (χ4v) is 2.14. The van der Waals surface area contributed by atoms with Gasteiger partial charge >= 0.3 is 0 Å². The van der Waals surface area contributed by atoms with Gasteiger partial charge < -0.3 is 11.5 Å². The molecule has 2 aromatic carbocycles. The number of anilines is 1. The van der Waals surface area contributed by atoms with E-state index in [0.717, 1.165) is 16.8 Å². The van der Waals surface area contributed by atoms with Gasteiger partial charge in [-0.2, -0.15) is 5.10 Å². The molecule has 1 aromatic heterocycles. The molecular weight excluding hydrogens is 359 g/mol. The van der Waals surface area contributed by atoms with E-state index in [1.54, 1.807) is 24.5 Å². The number of amidine groups is 1. The Balaban J connectivity index is 0.00000156. The first-order valence-electron chi connectivity index (χ1n) is 7.02. The van der Waals surface area contributed by atoms with Crippen molar-refractivity contribution in [2.75, 3.05) is 5.73 Å². The molecule has 0 saturated heterocycles. The molecule has 0 aliphatic heterocycles. The highest BCUT2D eigenvalue weighted by Gasteiger charge is 2.05. The zero-order valence-electron chi connectivity index (χ0n) is 13.2. The van der Waals surface area contributed by atoms with Crippen LogP contribution in [0, 0.1) is 5.41 Å². The highest BCUT2D eigenvalue weighted by atomic mass is 35.5. The van der Waals surface area contributed by atoms with Gasteiger partial charge in [-0.15, -0.1) is 24.8 Å². The Morgan fingerprint density at radius 2 is 1.80 bits per heavy atom. The van der Waals surface area contributed by atoms with Crippen LogP contribution in [0.4, 0.5) is 5.95 Å². The summed E-state index contributed by atoms with van der Waals surface area (Å²) in [6.45, 7) is 0. The van der Waals surface area contributed by atoms with Crippen molar-refractivity contribution in [2.24, 2.45) is 10.8 Å². The smallest absolute Gasteiger partial charge is 0.221 e. The maximum Gasteiger partial charge on any atom is 0.221 e. The van der Waals surface area contributed by atoms with Crippen molar-refractivity contribution in [3.63, 3.8) is 0 Å². The van der Waals surface area contributed by atoms with Crippen molar-refractivity contribution in [2.45, 2.75) is 0 Å². The molecule has 0 radical (unpaired) electrons. The van der Waals surface area contributed by atoms with Gasteiger partial charge in [0.15, 0.2) is 0 Å². The summed E-state index contributed by atoms with van der Waals surface area (Å²) >= 11 is 0. The Bertz CT molecular complexity index is 874. The quantitative estimate of drug-likeness (QED) is 0.480. The molecule has 0 amide bonds. The van der Waals surface area contributed by atoms with Crippen LogP contribution >= 0.6 is 24.8 Å². The minimum absolute atomic E-state index is 0. The second kappa shape index (κ2) is 8.86. The molecule has 0 fully saturated rings. The van der Waals surface area contributed by atoms with E-state index in [4.69, 9.17) is 16.9 Å². The first-order chi connectivity index (χ1) is 11.1. The van der Waals surface area contributed by atoms with Crippen LogP contribution in [0.3, 0.4) is 0 Å². The van der Waals surface area contributed by atoms with Gasteiger partial charge in [-0.3, -0.25) is 5.41 Å². The first-order valence-corrected chi connectivity index (χ1v) is 7.02. The van der Waals surface area contributed by atoms with Gasteiger partial charge in [-0.05, 0) is 11.6 Å². The van der Waals surface area contributed by atoms with E-state index in [1.807, 2.05) is 42.5 Å². The zero-order valence-corrected chi connectivity index (χ0v) is 14.8. The molecule has 25 heavy (non-hydrogen) atoms. The van der Waals surface area contributed by atoms with Gasteiger partial charge in [0.25, 0.3) is 0 Å². The van der Waals surface area contributed by atoms with E-state index in [2.05, 4.69) is 10.1 Å². The van der Waals surface area contributed by atoms with Crippen LogP contribution in [0.25, 0.3) is 11.3 Å². The topological polar surface area (TPSA) is 106 Å². The molecule has 3 rings (SSSR count). The Morgan fingerprint density at radius 3 is 2.48 bits per heavy atom. The summed E-state index contributed by atoms with van der Waals surface area (Å²) in [5, 5.41) is 11.8. The fraction of sp³-hybridized carbons (Fsp3) is 0. The lowest BCUT2D eigenvalue weighted by atomic mass is 10.1. The number of nitrogens with one attached hydrogen (secondary N) is 1. The molecule has 8 heteroatoms. The SMILES string of the molecule is Cl.Cl.N=C(N)c1cccc(/C=N/n2cc(-c3ccccc3)nc2N)c1. The first kappa shape index (κ1) is 20.2. The van der Waals surface area contributed by atoms with Crippen LogP contribution in [0.2, 0.25) is 0 Å². The second-order valence-corrected chi connectivity index (χ2v) is 4.98. The molecule has 0 bridgehead atoms. The summed E-state index contributed by atoms with van der Waals surface area (Å²) in [5.41, 5.74) is 14.6. The van der Waals surface area contributed by atoms with Crippen molar-refractivity contribution >= 4 is 42.8 Å². The molecule has 1 heterocycles. The monoisotopic (exact) mass is 376 g/mol. The molecule has 3 aromatic rings. The number of benzene rings is 2. The lowest BCUT2D eigenvalue weighted by molar-refractivity contribution is 0.898. The number of imidazole rings is 1. The van der Waals surface area contributed by atoms with Crippen LogP contribution in [0.1, 0.15) is 11.1 Å². The Hall–Kier alpha value is -2.83. The number of nitrogens with zero attached hydrogens (tertiary/aromatic N) is 3. The number of hydrogen-bond donors (Lipinski definition) is 3. The Labute approximate surface area is 157 Å². The van der Waals surface area contributed by atoms with Crippen LogP contribution in [0.5, 0.6) is 0 Å². The van der Waals surface area contributed by atoms with E-state index in [9.17, 15) is 0 Å². The minimum Gasteiger partial charge on any atom is -0.384 e. The number of hydrogen-bond acceptors (Lipinski definition) is 4. The molecule has 6 nitrogen and oxygen atoms in total. The average molecular weight is 377 g/mol. The Kier molecular flexibility index (Phi) is 7.17. The van der Waals surface area contributed by atoms with Crippen molar-refractivity contribution in [1.82, 2.24) is 9.66 Å². The molecule has 0 unspecified atom stereocenters. The number of nitrogen functional groups attached to an aromatic ring is 2. The normalized spacial score (nSPS) is 10.1. The maximum atomic E-state index is 7.46. The molecule has 130 valence electrons. The molecule has 0 spiro atoms. The summed E-state index contributed by atoms with van der Waals surface area (Å²) < 4.78 is 1.52. The van der Waals surface area contributed by atoms with E-state index in [1.165, 1.54) is 4.68 Å². The molecule has 5 N–H and O–H groups in total. The van der Waals surface area contributed by atoms with E-state index in [-0.39, 0.29) is 30.6 Å². The minimum atomic E-state index is 0. The third-order valence-corrected chi connectivity index (χ3v) is 3.31. The van der Waals surface area contributed by atoms with Gasteiger partial charge in [0, 0.05) is 11.1 Å². The maximum absolute atomic E-state index is 7.46. The lowest BCUT2D eigenvalue weighted by Crippen LogP contribution is -2.11. The summed E-state index contributed by atoms with van der Waals surface area (Å²) in [7, 11) is 0. The van der Waals surface area contributed by atoms with Crippen molar-refractivity contribution in [3.05, 3.63) is 71.9 Å². The molecule has 0 aliphatic rings. The van der Waals surface area contributed by atoms with Crippen molar-refractivity contribution in [1.29, 1.82) is 5.41 Å². The van der Waals surface area contributed by atoms with E-state index in [0.29, 0.717) is 11.5 Å². The van der Waals surface area contributed by atoms with Crippen molar-refractivity contribution < 1.29 is 0 Å². The summed E-state index contributed by atoms with van der Waals surface area (Å²) in [4.78, 5) is 4.31. The highest BCUT2D eigenvalue weighted by molar-refractivity contribution is 5.96. The number of rotatable bonds is 4. The fourth-order valence-electron chi connectivity index (χ4n) is 2.14. The molecule has 0 atom stereocenters. The van der Waals surface area contributed by atoms with Crippen LogP contribution in [-0.4, -0.2) is 21.7 Å². The molecule has 0 saturated carbocycles. The summed E-state index contributed by atoms with van der Waals surface area (Å²) in [5.74, 6) is 0.330. The van der Waals surface area contributed by atoms with Crippen LogP contribution in [0.15, 0.2) is 65.9 Å². The van der Waals surface area contributed by atoms with Crippen LogP contribution in [-0.2, 0) is 0 Å². The zero-order chi connectivity index (χ0) is 16.2. The number of nitrogens with two attached hydrogens (primary N) is 2. The standard InChI is InChI=1S/C17H16N6.2ClH/c18-16(19)14-8-4-5-12(9-14)10-21-23-11-15(22-17(23)20)13-6-2-1-3-7-13;;/h1-11H,(H3,18,19)(H2,20,22);2*1H/b21-10+;;. The predicted molar refractivity (Wildman–Crippen MR) is 107 cm³/mol. The third kappa shape index (κ3) is 4.82. The largest absolute Gasteiger partial charge is 0.384 e. The van der Waals surface area contributed by atoms with E-state index >= 15 is 0 Å². The third-order valence-electron chi connectivity index (χ3n) is 3.31. The van der Waals surface area contributed by atoms with Gasteiger partial charge in [0.05, 0.1) is 18.1 Å². The van der Waals surface area contributed by atoms with Gasteiger partial charge in [-0.1, -0.05) is 48.5 Å². The van der Waals surface area contributed by atoms with Gasteiger partial charge in [0.1, 0.15) is 5.84 Å². The van der Waals surface area contributed by atoms with Gasteiger partial charge in [-0.25, -0.2) is 9.66 Å². The van der Waals surface area contributed by atoms with Crippen LogP contribution < -0.4 is 11.5 Å². The highest BCUT2D eigenvalue weighted by Crippen LogP contribution is 2.19. The summed E-state index contributed by atoms with van der Waals surface area (Å²) in [6, 6.07) is 17.0. The number of aromatic nitrogens is 2. The molecule has 0 aliphatic carbocycles. The van der Waals surface area contributed by atoms with Gasteiger partial charge in [0.2, 0.25) is 5.95 Å². The lowest BCUT2D eigenvalue weighted by Gasteiger charge is -1.99. The predicted octanol–water partition coefficient (Wildman–Crippen LogP) is 3.14. The number of halogens is 2. The second-order valence-electron chi connectivity index (χ2n) is 4.98. The van der Waals surface area contributed by atoms with Crippen molar-refractivity contribution in [3.8, 4) is 11.3 Å². The average Bonchev–Trinajstić information content (AvgIpc) is 2.95. The summed E-state index contributed by atoms with van der Waals surface area (Å²) in [6.07, 6.45) is 3.43. The molecular formula is C17H18Cl2N6. The van der Waals surface area contributed by atoms with E-state index < -0.39 is 0 Å².